The highest BCUT2D eigenvalue weighted by molar-refractivity contribution is 7.90. The van der Waals surface area contributed by atoms with Crippen molar-refractivity contribution in [3.05, 3.63) is 29.3 Å². The molecule has 4 nitrogen and oxygen atoms in total. The van der Waals surface area contributed by atoms with Gasteiger partial charge in [-0.3, -0.25) is 4.79 Å². The molecule has 0 aromatic heterocycles. The molecule has 5 heteroatoms. The molecule has 88 valence electrons. The molecule has 0 aliphatic carbocycles. The first-order valence-electron chi connectivity index (χ1n) is 4.80. The Balaban J connectivity index is 2.95. The molecule has 1 aromatic rings. The minimum absolute atomic E-state index is 0.0219. The quantitative estimate of drug-likeness (QED) is 0.805. The van der Waals surface area contributed by atoms with Crippen molar-refractivity contribution in [2.24, 2.45) is 0 Å². The maximum atomic E-state index is 11.1. The molecule has 0 aliphatic heterocycles. The Labute approximate surface area is 94.8 Å². The topological polar surface area (TPSA) is 71.4 Å². The van der Waals surface area contributed by atoms with Gasteiger partial charge in [0.2, 0.25) is 0 Å². The van der Waals surface area contributed by atoms with E-state index in [2.05, 4.69) is 0 Å². The van der Waals surface area contributed by atoms with Gasteiger partial charge in [-0.15, -0.1) is 0 Å². The van der Waals surface area contributed by atoms with Crippen LogP contribution in [-0.4, -0.2) is 31.3 Å². The molecule has 0 fully saturated rings. The van der Waals surface area contributed by atoms with Gasteiger partial charge in [-0.2, -0.15) is 0 Å². The fourth-order valence-corrected chi connectivity index (χ4v) is 1.89. The summed E-state index contributed by atoms with van der Waals surface area (Å²) >= 11 is 0. The van der Waals surface area contributed by atoms with Crippen molar-refractivity contribution in [3.63, 3.8) is 0 Å². The Morgan fingerprint density at radius 1 is 1.38 bits per heavy atom. The zero-order chi connectivity index (χ0) is 12.3. The number of phenolic OH excluding ortho intramolecular Hbond substituents is 1. The van der Waals surface area contributed by atoms with Crippen molar-refractivity contribution in [1.82, 2.24) is 0 Å². The number of ketones is 1. The van der Waals surface area contributed by atoms with Gasteiger partial charge in [-0.25, -0.2) is 8.42 Å². The third-order valence-electron chi connectivity index (χ3n) is 2.23. The summed E-state index contributed by atoms with van der Waals surface area (Å²) in [4.78, 5) is 11.1. The average molecular weight is 242 g/mol. The van der Waals surface area contributed by atoms with Gasteiger partial charge < -0.3 is 5.11 Å². The third kappa shape index (κ3) is 3.66. The second kappa shape index (κ2) is 4.65. The number of hydrogen-bond donors (Lipinski definition) is 1. The average Bonchev–Trinajstić information content (AvgIpc) is 2.14. The largest absolute Gasteiger partial charge is 0.508 e. The van der Waals surface area contributed by atoms with Crippen molar-refractivity contribution in [1.29, 1.82) is 0 Å². The molecule has 0 aliphatic rings. The number of carbonyl (C=O) groups excluding carboxylic acids is 1. The molecule has 16 heavy (non-hydrogen) atoms. The maximum Gasteiger partial charge on any atom is 0.159 e. The standard InChI is InChI=1S/C11H14O4S/c1-8(12)9-3-4-11(13)10(7-9)5-6-16(2,14)15/h3-4,7,13H,5-6H2,1-2H3. The van der Waals surface area contributed by atoms with E-state index in [1.807, 2.05) is 0 Å². The predicted octanol–water partition coefficient (Wildman–Crippen LogP) is 1.18. The number of aryl methyl sites for hydroxylation is 1. The van der Waals surface area contributed by atoms with Crippen LogP contribution in [0.5, 0.6) is 5.75 Å². The molecular weight excluding hydrogens is 228 g/mol. The Bertz CT molecular complexity index is 503. The van der Waals surface area contributed by atoms with Gasteiger partial charge in [0.25, 0.3) is 0 Å². The molecule has 0 atom stereocenters. The zero-order valence-corrected chi connectivity index (χ0v) is 10.0. The van der Waals surface area contributed by atoms with Crippen molar-refractivity contribution in [2.75, 3.05) is 12.0 Å². The van der Waals surface area contributed by atoms with Crippen molar-refractivity contribution >= 4 is 15.6 Å². The molecule has 0 amide bonds. The summed E-state index contributed by atoms with van der Waals surface area (Å²) in [5.74, 6) is -0.128. The van der Waals surface area contributed by atoms with Crippen molar-refractivity contribution < 1.29 is 18.3 Å². The second-order valence-electron chi connectivity index (χ2n) is 3.78. The van der Waals surface area contributed by atoms with Gasteiger partial charge in [-0.05, 0) is 37.1 Å². The van der Waals surface area contributed by atoms with E-state index < -0.39 is 9.84 Å². The van der Waals surface area contributed by atoms with Gasteiger partial charge in [0, 0.05) is 11.8 Å². The molecular formula is C11H14O4S. The lowest BCUT2D eigenvalue weighted by Crippen LogP contribution is -2.06. The summed E-state index contributed by atoms with van der Waals surface area (Å²) in [6, 6.07) is 4.46. The molecule has 0 heterocycles. The van der Waals surface area contributed by atoms with Gasteiger partial charge in [0.15, 0.2) is 5.78 Å². The summed E-state index contributed by atoms with van der Waals surface area (Å²) in [5, 5.41) is 9.51. The highest BCUT2D eigenvalue weighted by atomic mass is 32.2. The van der Waals surface area contributed by atoms with Crippen LogP contribution in [0.4, 0.5) is 0 Å². The van der Waals surface area contributed by atoms with Crippen LogP contribution in [0.3, 0.4) is 0 Å². The lowest BCUT2D eigenvalue weighted by molar-refractivity contribution is 0.101. The van der Waals surface area contributed by atoms with Crippen LogP contribution in [0.2, 0.25) is 0 Å². The van der Waals surface area contributed by atoms with Crippen molar-refractivity contribution in [2.45, 2.75) is 13.3 Å². The van der Waals surface area contributed by atoms with Crippen LogP contribution in [0.15, 0.2) is 18.2 Å². The van der Waals surface area contributed by atoms with E-state index in [-0.39, 0.29) is 23.7 Å². The lowest BCUT2D eigenvalue weighted by Gasteiger charge is -2.05. The number of carbonyl (C=O) groups is 1. The molecule has 0 saturated carbocycles. The van der Waals surface area contributed by atoms with Gasteiger partial charge in [0.05, 0.1) is 5.75 Å². The first-order valence-corrected chi connectivity index (χ1v) is 6.86. The van der Waals surface area contributed by atoms with Gasteiger partial charge >= 0.3 is 0 Å². The first-order chi connectivity index (χ1) is 7.29. The SMILES string of the molecule is CC(=O)c1ccc(O)c(CCS(C)(=O)=O)c1. The van der Waals surface area contributed by atoms with E-state index in [1.54, 1.807) is 0 Å². The Kier molecular flexibility index (Phi) is 3.70. The van der Waals surface area contributed by atoms with Crippen LogP contribution < -0.4 is 0 Å². The Morgan fingerprint density at radius 3 is 2.50 bits per heavy atom. The van der Waals surface area contributed by atoms with E-state index in [1.165, 1.54) is 25.1 Å². The fourth-order valence-electron chi connectivity index (χ4n) is 1.30. The van der Waals surface area contributed by atoms with E-state index in [0.717, 1.165) is 6.26 Å². The maximum absolute atomic E-state index is 11.1. The fraction of sp³-hybridized carbons (Fsp3) is 0.364. The summed E-state index contributed by atoms with van der Waals surface area (Å²) in [6.45, 7) is 1.42. The van der Waals surface area contributed by atoms with Crippen LogP contribution in [0.25, 0.3) is 0 Å². The molecule has 1 rings (SSSR count). The van der Waals surface area contributed by atoms with Gasteiger partial charge in [0.1, 0.15) is 15.6 Å². The number of hydrogen-bond acceptors (Lipinski definition) is 4. The minimum atomic E-state index is -3.07. The van der Waals surface area contributed by atoms with E-state index in [0.29, 0.717) is 11.1 Å². The van der Waals surface area contributed by atoms with Crippen LogP contribution in [0, 0.1) is 0 Å². The number of sulfone groups is 1. The summed E-state index contributed by atoms with van der Waals surface area (Å²) < 4.78 is 22.0. The number of aromatic hydroxyl groups is 1. The summed E-state index contributed by atoms with van der Waals surface area (Å²) in [7, 11) is -3.07. The van der Waals surface area contributed by atoms with E-state index in [9.17, 15) is 18.3 Å². The monoisotopic (exact) mass is 242 g/mol. The minimum Gasteiger partial charge on any atom is -0.508 e. The Morgan fingerprint density at radius 2 is 2.00 bits per heavy atom. The lowest BCUT2D eigenvalue weighted by atomic mass is 10.1. The molecule has 0 bridgehead atoms. The zero-order valence-electron chi connectivity index (χ0n) is 9.23. The highest BCUT2D eigenvalue weighted by Crippen LogP contribution is 2.19. The smallest absolute Gasteiger partial charge is 0.159 e. The first kappa shape index (κ1) is 12.7. The summed E-state index contributed by atoms with van der Waals surface area (Å²) in [5.41, 5.74) is 0.958. The number of rotatable bonds is 4. The third-order valence-corrected chi connectivity index (χ3v) is 3.17. The van der Waals surface area contributed by atoms with E-state index in [4.69, 9.17) is 0 Å². The molecule has 0 radical (unpaired) electrons. The van der Waals surface area contributed by atoms with Crippen LogP contribution >= 0.6 is 0 Å². The number of Topliss-reactive ketones (excluding diaryl/α,β-unsaturated/α-hetero) is 1. The molecule has 1 N–H and O–H groups in total. The van der Waals surface area contributed by atoms with Crippen molar-refractivity contribution in [3.8, 4) is 5.75 Å². The van der Waals surface area contributed by atoms with Crippen LogP contribution in [0.1, 0.15) is 22.8 Å². The molecule has 0 saturated heterocycles. The van der Waals surface area contributed by atoms with Gasteiger partial charge in [-0.1, -0.05) is 0 Å². The Hall–Kier alpha value is -1.36. The normalized spacial score (nSPS) is 11.4. The number of phenols is 1. The molecule has 0 spiro atoms. The number of benzene rings is 1. The highest BCUT2D eigenvalue weighted by Gasteiger charge is 2.09. The molecule has 0 unspecified atom stereocenters. The molecule has 1 aromatic carbocycles. The van der Waals surface area contributed by atoms with E-state index >= 15 is 0 Å². The summed E-state index contributed by atoms with van der Waals surface area (Å²) in [6.07, 6.45) is 1.35. The second-order valence-corrected chi connectivity index (χ2v) is 6.04. The van der Waals surface area contributed by atoms with Crippen LogP contribution in [-0.2, 0) is 16.3 Å². The predicted molar refractivity (Wildman–Crippen MR) is 61.5 cm³/mol.